The highest BCUT2D eigenvalue weighted by molar-refractivity contribution is 6.04. The number of hydrogen-bond acceptors (Lipinski definition) is 3. The zero-order valence-electron chi connectivity index (χ0n) is 14.3. The molecule has 1 amide bonds. The van der Waals surface area contributed by atoms with Crippen molar-refractivity contribution in [2.45, 2.75) is 20.8 Å². The Hall–Kier alpha value is -2.88. The van der Waals surface area contributed by atoms with Gasteiger partial charge >= 0.3 is 0 Å². The number of benzene rings is 2. The zero-order valence-corrected chi connectivity index (χ0v) is 14.3. The number of nitrogens with zero attached hydrogens (tertiary/aromatic N) is 1. The molecule has 1 aromatic heterocycles. The predicted molar refractivity (Wildman–Crippen MR) is 96.9 cm³/mol. The van der Waals surface area contributed by atoms with Gasteiger partial charge in [0.15, 0.2) is 0 Å². The summed E-state index contributed by atoms with van der Waals surface area (Å²) in [6, 6.07) is 13.3. The van der Waals surface area contributed by atoms with Crippen LogP contribution in [-0.2, 0) is 0 Å². The van der Waals surface area contributed by atoms with Gasteiger partial charge in [-0.15, -0.1) is 0 Å². The fraction of sp³-hybridized carbons (Fsp3) is 0.200. The van der Waals surface area contributed by atoms with Crippen molar-refractivity contribution >= 4 is 22.5 Å². The molecule has 0 atom stereocenters. The van der Waals surface area contributed by atoms with Gasteiger partial charge in [-0.25, -0.2) is 4.98 Å². The van der Waals surface area contributed by atoms with Crippen LogP contribution in [-0.4, -0.2) is 18.0 Å². The summed E-state index contributed by atoms with van der Waals surface area (Å²) in [7, 11) is 1.63. The number of amides is 1. The Kier molecular flexibility index (Phi) is 4.21. The molecule has 0 saturated heterocycles. The molecule has 0 aliphatic heterocycles. The Morgan fingerprint density at radius 1 is 1.00 bits per heavy atom. The van der Waals surface area contributed by atoms with Crippen molar-refractivity contribution < 1.29 is 9.53 Å². The lowest BCUT2D eigenvalue weighted by molar-refractivity contribution is 0.102. The van der Waals surface area contributed by atoms with E-state index >= 15 is 0 Å². The third-order valence-electron chi connectivity index (χ3n) is 4.04. The van der Waals surface area contributed by atoms with E-state index in [4.69, 9.17) is 4.74 Å². The number of carbonyl (C=O) groups is 1. The summed E-state index contributed by atoms with van der Waals surface area (Å²) in [4.78, 5) is 17.0. The molecule has 0 aliphatic rings. The van der Waals surface area contributed by atoms with Crippen LogP contribution in [0.5, 0.6) is 5.75 Å². The summed E-state index contributed by atoms with van der Waals surface area (Å²) >= 11 is 0. The molecule has 3 rings (SSSR count). The molecule has 4 heteroatoms. The smallest absolute Gasteiger partial charge is 0.274 e. The highest BCUT2D eigenvalue weighted by atomic mass is 16.5. The van der Waals surface area contributed by atoms with E-state index in [1.807, 2.05) is 45.0 Å². The normalized spacial score (nSPS) is 10.7. The maximum absolute atomic E-state index is 12.6. The molecule has 1 heterocycles. The van der Waals surface area contributed by atoms with Gasteiger partial charge in [0.2, 0.25) is 0 Å². The van der Waals surface area contributed by atoms with Crippen LogP contribution in [0.4, 0.5) is 5.69 Å². The molecule has 0 spiro atoms. The number of pyridine rings is 1. The summed E-state index contributed by atoms with van der Waals surface area (Å²) in [5, 5.41) is 3.92. The topological polar surface area (TPSA) is 51.2 Å². The highest BCUT2D eigenvalue weighted by Crippen LogP contribution is 2.23. The maximum atomic E-state index is 12.6. The van der Waals surface area contributed by atoms with Crippen LogP contribution in [0.3, 0.4) is 0 Å². The first kappa shape index (κ1) is 16.0. The third-order valence-corrected chi connectivity index (χ3v) is 4.04. The quantitative estimate of drug-likeness (QED) is 0.777. The lowest BCUT2D eigenvalue weighted by Gasteiger charge is -2.13. The van der Waals surface area contributed by atoms with Crippen LogP contribution in [0, 0.1) is 20.8 Å². The first-order valence-corrected chi connectivity index (χ1v) is 7.82. The van der Waals surface area contributed by atoms with Gasteiger partial charge in [0, 0.05) is 11.1 Å². The number of anilines is 1. The van der Waals surface area contributed by atoms with Gasteiger partial charge in [-0.2, -0.15) is 0 Å². The minimum atomic E-state index is -0.206. The number of hydrogen-bond donors (Lipinski definition) is 1. The maximum Gasteiger partial charge on any atom is 0.274 e. The molecular weight excluding hydrogens is 300 g/mol. The lowest BCUT2D eigenvalue weighted by atomic mass is 10.0. The molecule has 4 nitrogen and oxygen atoms in total. The van der Waals surface area contributed by atoms with E-state index in [0.717, 1.165) is 33.5 Å². The minimum absolute atomic E-state index is 0.206. The number of carbonyl (C=O) groups excluding carboxylic acids is 1. The second-order valence-electron chi connectivity index (χ2n) is 5.98. The molecule has 0 aliphatic carbocycles. The fourth-order valence-corrected chi connectivity index (χ4v) is 2.91. The van der Waals surface area contributed by atoms with Gasteiger partial charge in [0.25, 0.3) is 5.91 Å². The van der Waals surface area contributed by atoms with E-state index < -0.39 is 0 Å². The number of fused-ring (bicyclic) bond motifs is 1. The highest BCUT2D eigenvalue weighted by Gasteiger charge is 2.12. The Labute approximate surface area is 141 Å². The monoisotopic (exact) mass is 320 g/mol. The van der Waals surface area contributed by atoms with Crippen molar-refractivity contribution in [2.24, 2.45) is 0 Å². The molecule has 0 bridgehead atoms. The molecular formula is C20H20N2O2. The molecule has 0 fully saturated rings. The van der Waals surface area contributed by atoms with Crippen molar-refractivity contribution in [3.05, 3.63) is 64.8 Å². The van der Waals surface area contributed by atoms with Gasteiger partial charge in [0.1, 0.15) is 11.4 Å². The Morgan fingerprint density at radius 2 is 1.71 bits per heavy atom. The summed E-state index contributed by atoms with van der Waals surface area (Å²) in [6.45, 7) is 6.04. The fourth-order valence-electron chi connectivity index (χ4n) is 2.91. The Bertz CT molecular complexity index is 909. The molecule has 0 unspecified atom stereocenters. The second-order valence-corrected chi connectivity index (χ2v) is 5.98. The second kappa shape index (κ2) is 6.32. The number of methoxy groups -OCH3 is 1. The Morgan fingerprint density at radius 3 is 2.38 bits per heavy atom. The van der Waals surface area contributed by atoms with Gasteiger partial charge in [-0.05, 0) is 56.2 Å². The van der Waals surface area contributed by atoms with E-state index in [1.165, 1.54) is 5.56 Å². The van der Waals surface area contributed by atoms with Crippen LogP contribution in [0.1, 0.15) is 27.2 Å². The van der Waals surface area contributed by atoms with Crippen LogP contribution in [0.15, 0.2) is 42.5 Å². The minimum Gasteiger partial charge on any atom is -0.497 e. The zero-order chi connectivity index (χ0) is 17.3. The van der Waals surface area contributed by atoms with Gasteiger partial charge in [-0.3, -0.25) is 4.79 Å². The molecule has 1 N–H and O–H groups in total. The van der Waals surface area contributed by atoms with E-state index in [9.17, 15) is 4.79 Å². The van der Waals surface area contributed by atoms with E-state index in [1.54, 1.807) is 13.2 Å². The number of aryl methyl sites for hydroxylation is 3. The van der Waals surface area contributed by atoms with Crippen LogP contribution in [0.2, 0.25) is 0 Å². The van der Waals surface area contributed by atoms with Crippen LogP contribution in [0.25, 0.3) is 10.9 Å². The molecule has 122 valence electrons. The molecule has 0 radical (unpaired) electrons. The summed E-state index contributed by atoms with van der Waals surface area (Å²) in [6.07, 6.45) is 0. The summed E-state index contributed by atoms with van der Waals surface area (Å²) in [5.74, 6) is 0.565. The van der Waals surface area contributed by atoms with Crippen molar-refractivity contribution in [1.29, 1.82) is 0 Å². The third kappa shape index (κ3) is 3.08. The van der Waals surface area contributed by atoms with Gasteiger partial charge in [-0.1, -0.05) is 23.8 Å². The predicted octanol–water partition coefficient (Wildman–Crippen LogP) is 4.42. The van der Waals surface area contributed by atoms with Crippen molar-refractivity contribution in [1.82, 2.24) is 4.98 Å². The number of aromatic nitrogens is 1. The molecule has 0 saturated carbocycles. The van der Waals surface area contributed by atoms with Crippen molar-refractivity contribution in [2.75, 3.05) is 12.4 Å². The summed E-state index contributed by atoms with van der Waals surface area (Å²) in [5.41, 5.74) is 5.29. The first-order chi connectivity index (χ1) is 11.5. The SMILES string of the molecule is COc1ccc2nc(C(=O)Nc3c(C)cc(C)cc3C)ccc2c1. The first-order valence-electron chi connectivity index (χ1n) is 7.82. The number of nitrogens with one attached hydrogen (secondary N) is 1. The largest absolute Gasteiger partial charge is 0.497 e. The lowest BCUT2D eigenvalue weighted by Crippen LogP contribution is -2.15. The average Bonchev–Trinajstić information content (AvgIpc) is 2.56. The van der Waals surface area contributed by atoms with E-state index in [0.29, 0.717) is 5.69 Å². The van der Waals surface area contributed by atoms with Crippen LogP contribution < -0.4 is 10.1 Å². The van der Waals surface area contributed by atoms with E-state index in [2.05, 4.69) is 22.4 Å². The van der Waals surface area contributed by atoms with Crippen LogP contribution >= 0.6 is 0 Å². The van der Waals surface area contributed by atoms with Crippen molar-refractivity contribution in [3.8, 4) is 5.75 Å². The standard InChI is InChI=1S/C20H20N2O2/c1-12-9-13(2)19(14(3)10-12)22-20(23)18-7-5-15-11-16(24-4)6-8-17(15)21-18/h5-11H,1-4H3,(H,22,23). The van der Waals surface area contributed by atoms with E-state index in [-0.39, 0.29) is 5.91 Å². The summed E-state index contributed by atoms with van der Waals surface area (Å²) < 4.78 is 5.21. The number of rotatable bonds is 3. The van der Waals surface area contributed by atoms with Gasteiger partial charge < -0.3 is 10.1 Å². The van der Waals surface area contributed by atoms with Gasteiger partial charge in [0.05, 0.1) is 12.6 Å². The molecule has 24 heavy (non-hydrogen) atoms. The Balaban J connectivity index is 1.92. The van der Waals surface area contributed by atoms with Crippen molar-refractivity contribution in [3.63, 3.8) is 0 Å². The molecule has 3 aromatic rings. The number of ether oxygens (including phenoxy) is 1. The molecule has 2 aromatic carbocycles. The average molecular weight is 320 g/mol.